The van der Waals surface area contributed by atoms with Crippen LogP contribution in [0.3, 0.4) is 0 Å². The number of nitrogens with one attached hydrogen (secondary N) is 1. The Morgan fingerprint density at radius 3 is 1.31 bits per heavy atom. The van der Waals surface area contributed by atoms with Crippen molar-refractivity contribution in [2.45, 2.75) is 268 Å². The van der Waals surface area contributed by atoms with Crippen LogP contribution in [0.15, 0.2) is 97.8 Å². The summed E-state index contributed by atoms with van der Waals surface area (Å²) in [7, 11) is 1.94. The number of para-hydroxylation sites is 1. The van der Waals surface area contributed by atoms with Crippen molar-refractivity contribution >= 4 is 99.2 Å². The van der Waals surface area contributed by atoms with Crippen LogP contribution in [0.1, 0.15) is 241 Å². The Balaban J connectivity index is 0.000000203. The maximum absolute atomic E-state index is 13.7. The Labute approximate surface area is 693 Å². The van der Waals surface area contributed by atoms with Gasteiger partial charge >= 0.3 is 36.2 Å². The average Bonchev–Trinajstić information content (AvgIpc) is 1.60. The molecule has 118 heavy (non-hydrogen) atoms. The first-order chi connectivity index (χ1) is 56.3. The van der Waals surface area contributed by atoms with E-state index in [-0.39, 0.29) is 75.6 Å². The first-order valence-corrected chi connectivity index (χ1v) is 41.9. The standard InChI is InChI=1S/C33H39N5O5.C31H44N6O4.C24H40N6O4/c1-5-41-27(39)21-37-22-34-28-29(37)35-31(36-30(28)42-26-14-10-7-11-15-26)38(32(40)43-33(2,3)4)20-23-16-18-25(19-17-23)24-12-8-6-9-13-24;1-7-40-25(38)19-36-20-33-26-27(32-17-21(2)3)34-29(35-28(26)36)37(30(39)41-31(4,5)6)18-22-13-15-24(16-14-22)23-11-9-8-10-12-23;1-8-11-13-15-30(23(32)34-24(4,5)6)22-26-20(28(7)14-12-9-2)19-21(27-22)29(17-25-19)16-18(31)33-10-3/h7,10-11,14-19,22,24H,5-6,8-9,12-13,20-21H2,1-4H3;13-16,20-21,23H,7-12,17-19H2,1-6H3,(H,32,34,35);17H,8-16H2,1-7H3. The molecule has 0 bridgehead atoms. The molecule has 2 fully saturated rings. The second-order valence-corrected chi connectivity index (χ2v) is 33.2. The van der Waals surface area contributed by atoms with Gasteiger partial charge in [-0.15, -0.1) is 0 Å². The number of esters is 3. The number of benzene rings is 3. The largest absolute Gasteiger partial charge is 0.465 e. The van der Waals surface area contributed by atoms with E-state index in [1.165, 1.54) is 96.4 Å². The topological polar surface area (TPSA) is 323 Å². The molecule has 6 heterocycles. The van der Waals surface area contributed by atoms with E-state index in [0.717, 1.165) is 49.8 Å². The summed E-state index contributed by atoms with van der Waals surface area (Å²) in [5.41, 5.74) is 5.05. The van der Waals surface area contributed by atoms with Gasteiger partial charge in [-0.25, -0.2) is 44.0 Å². The highest BCUT2D eigenvalue weighted by atomic mass is 16.6. The number of ether oxygens (including phenoxy) is 7. The first kappa shape index (κ1) is 90.8. The molecule has 9 aromatic rings. The van der Waals surface area contributed by atoms with Gasteiger partial charge in [0, 0.05) is 26.7 Å². The fraction of sp³-hybridized carbons (Fsp3) is 0.557. The highest BCUT2D eigenvalue weighted by Crippen LogP contribution is 2.37. The van der Waals surface area contributed by atoms with Gasteiger partial charge in [-0.1, -0.05) is 152 Å². The quantitative estimate of drug-likeness (QED) is 0.0240. The van der Waals surface area contributed by atoms with Crippen molar-refractivity contribution in [2.75, 3.05) is 71.4 Å². The number of imidazole rings is 3. The fourth-order valence-electron chi connectivity index (χ4n) is 13.6. The molecule has 30 heteroatoms. The molecule has 0 aliphatic heterocycles. The Hall–Kier alpha value is -11.1. The van der Waals surface area contributed by atoms with Gasteiger partial charge in [0.2, 0.25) is 17.8 Å². The lowest BCUT2D eigenvalue weighted by Gasteiger charge is -2.27. The second kappa shape index (κ2) is 42.9. The van der Waals surface area contributed by atoms with Crippen LogP contribution >= 0.6 is 0 Å². The highest BCUT2D eigenvalue weighted by Gasteiger charge is 2.33. The number of hydrogen-bond acceptors (Lipinski definition) is 24. The van der Waals surface area contributed by atoms with Crippen LogP contribution in [-0.4, -0.2) is 158 Å². The SMILES string of the molecule is CCCCCN(C(=O)OC(C)(C)C)c1nc(N(C)CCCC)c2ncn(CC(=O)OCC)c2n1.CCOC(=O)Cn1cnc2c(NCC(C)C)nc(N(Cc3ccc(C4CCCCC4)cc3)C(=O)OC(C)(C)C)nc21.CCOC(=O)Cn1cnc2c(Oc3ccccc3)nc(N(Cc3ccc(C4CCCCC4)cc3)C(=O)OC(C)(C)C)nc21. The van der Waals surface area contributed by atoms with Gasteiger partial charge in [-0.2, -0.15) is 29.9 Å². The molecule has 0 spiro atoms. The van der Waals surface area contributed by atoms with E-state index in [0.29, 0.717) is 88.3 Å². The van der Waals surface area contributed by atoms with Crippen molar-refractivity contribution in [3.8, 4) is 11.6 Å². The van der Waals surface area contributed by atoms with Crippen LogP contribution in [0, 0.1) is 5.92 Å². The molecule has 1 N–H and O–H groups in total. The molecule has 0 radical (unpaired) electrons. The smallest absolute Gasteiger partial charge is 0.417 e. The van der Waals surface area contributed by atoms with E-state index in [1.54, 1.807) is 59.3 Å². The number of unbranched alkanes of at least 4 members (excludes halogenated alkanes) is 3. The molecule has 2 saturated carbocycles. The van der Waals surface area contributed by atoms with Crippen LogP contribution in [0.25, 0.3) is 33.5 Å². The lowest BCUT2D eigenvalue weighted by atomic mass is 9.84. The Bertz CT molecular complexity index is 4750. The number of carbonyl (C=O) groups is 6. The molecular formula is C88H123N17O13. The van der Waals surface area contributed by atoms with Gasteiger partial charge in [-0.05, 0) is 174 Å². The normalized spacial score (nSPS) is 13.4. The maximum Gasteiger partial charge on any atom is 0.417 e. The molecular weight excluding hydrogens is 1500 g/mol. The molecule has 2 aliphatic carbocycles. The second-order valence-electron chi connectivity index (χ2n) is 33.2. The summed E-state index contributed by atoms with van der Waals surface area (Å²) < 4.78 is 43.6. The minimum Gasteiger partial charge on any atom is -0.465 e. The molecule has 2 aliphatic rings. The van der Waals surface area contributed by atoms with E-state index in [9.17, 15) is 28.8 Å². The van der Waals surface area contributed by atoms with Crippen LogP contribution in [0.4, 0.5) is 43.9 Å². The molecule has 11 rings (SSSR count). The zero-order chi connectivity index (χ0) is 85.3. The lowest BCUT2D eigenvalue weighted by molar-refractivity contribution is -0.144. The summed E-state index contributed by atoms with van der Waals surface area (Å²) in [6.07, 6.45) is 20.3. The molecule has 0 atom stereocenters. The van der Waals surface area contributed by atoms with Crippen LogP contribution in [0.2, 0.25) is 0 Å². The maximum atomic E-state index is 13.7. The van der Waals surface area contributed by atoms with Gasteiger partial charge in [0.05, 0.1) is 51.9 Å². The van der Waals surface area contributed by atoms with Crippen molar-refractivity contribution in [3.05, 3.63) is 120 Å². The van der Waals surface area contributed by atoms with E-state index >= 15 is 0 Å². The Kier molecular flexibility index (Phi) is 33.0. The molecule has 638 valence electrons. The summed E-state index contributed by atoms with van der Waals surface area (Å²) in [5, 5.41) is 3.35. The monoisotopic (exact) mass is 1630 g/mol. The summed E-state index contributed by atoms with van der Waals surface area (Å²) >= 11 is 0. The van der Waals surface area contributed by atoms with Gasteiger partial charge < -0.3 is 57.1 Å². The fourth-order valence-corrected chi connectivity index (χ4v) is 13.6. The predicted molar refractivity (Wildman–Crippen MR) is 456 cm³/mol. The summed E-state index contributed by atoms with van der Waals surface area (Å²) in [6.45, 7) is 33.0. The van der Waals surface area contributed by atoms with Crippen molar-refractivity contribution in [2.24, 2.45) is 5.92 Å². The predicted octanol–water partition coefficient (Wildman–Crippen LogP) is 18.2. The third-order valence-electron chi connectivity index (χ3n) is 19.3. The zero-order valence-electron chi connectivity index (χ0n) is 72.3. The molecule has 0 saturated heterocycles. The molecule has 0 unspecified atom stereocenters. The van der Waals surface area contributed by atoms with E-state index in [4.69, 9.17) is 53.1 Å². The first-order valence-electron chi connectivity index (χ1n) is 41.9. The van der Waals surface area contributed by atoms with E-state index in [2.05, 4.69) is 94.3 Å². The summed E-state index contributed by atoms with van der Waals surface area (Å²) in [6, 6.07) is 26.1. The van der Waals surface area contributed by atoms with E-state index < -0.39 is 47.0 Å². The minimum atomic E-state index is -0.751. The molecule has 3 aromatic carbocycles. The number of carbonyl (C=O) groups excluding carboxylic acids is 6. The van der Waals surface area contributed by atoms with Gasteiger partial charge in [0.15, 0.2) is 45.1 Å². The van der Waals surface area contributed by atoms with Crippen LogP contribution in [0.5, 0.6) is 11.6 Å². The summed E-state index contributed by atoms with van der Waals surface area (Å²) in [5.74, 6) is 2.56. The Morgan fingerprint density at radius 1 is 0.466 bits per heavy atom. The van der Waals surface area contributed by atoms with Gasteiger partial charge in [-0.3, -0.25) is 14.4 Å². The highest BCUT2D eigenvalue weighted by molar-refractivity contribution is 5.93. The van der Waals surface area contributed by atoms with Crippen molar-refractivity contribution in [1.29, 1.82) is 0 Å². The number of fused-ring (bicyclic) bond motifs is 3. The lowest BCUT2D eigenvalue weighted by Crippen LogP contribution is -2.39. The number of hydrogen-bond donors (Lipinski definition) is 1. The third kappa shape index (κ3) is 26.7. The number of aromatic nitrogens is 12. The summed E-state index contributed by atoms with van der Waals surface area (Å²) in [4.78, 5) is 125. The average molecular weight is 1630 g/mol. The van der Waals surface area contributed by atoms with Crippen LogP contribution in [-0.2, 0) is 75.5 Å². The third-order valence-corrected chi connectivity index (χ3v) is 19.3. The minimum absolute atomic E-state index is 0.0266. The Morgan fingerprint density at radius 2 is 0.873 bits per heavy atom. The number of nitrogens with zero attached hydrogens (tertiary/aromatic N) is 16. The number of amides is 3. The van der Waals surface area contributed by atoms with Crippen LogP contribution < -0.4 is 29.7 Å². The van der Waals surface area contributed by atoms with Crippen molar-refractivity contribution in [1.82, 2.24) is 58.6 Å². The molecule has 30 nitrogen and oxygen atoms in total. The van der Waals surface area contributed by atoms with Gasteiger partial charge in [0.25, 0.3) is 5.88 Å². The van der Waals surface area contributed by atoms with Gasteiger partial charge in [0.1, 0.15) is 42.2 Å². The zero-order valence-corrected chi connectivity index (χ0v) is 72.3. The molecule has 3 amide bonds. The number of anilines is 5. The molecule has 6 aromatic heterocycles. The van der Waals surface area contributed by atoms with Crippen molar-refractivity contribution in [3.63, 3.8) is 0 Å². The van der Waals surface area contributed by atoms with Crippen molar-refractivity contribution < 1.29 is 61.9 Å². The number of rotatable bonds is 31. The van der Waals surface area contributed by atoms with E-state index in [1.807, 2.05) is 105 Å².